The van der Waals surface area contributed by atoms with Crippen molar-refractivity contribution in [2.75, 3.05) is 6.61 Å². The molecule has 0 aliphatic carbocycles. The normalized spacial score (nSPS) is 28.9. The summed E-state index contributed by atoms with van der Waals surface area (Å²) in [7, 11) is 0. The summed E-state index contributed by atoms with van der Waals surface area (Å²) in [5.74, 6) is -1.36. The molecule has 0 saturated carbocycles. The molecule has 4 nitrogen and oxygen atoms in total. The Kier molecular flexibility index (Phi) is 3.28. The lowest BCUT2D eigenvalue weighted by molar-refractivity contribution is -0.133. The molecular weight excluding hydrogens is 225 g/mol. The van der Waals surface area contributed by atoms with Gasteiger partial charge in [0.1, 0.15) is 11.9 Å². The molecule has 1 fully saturated rings. The van der Waals surface area contributed by atoms with Gasteiger partial charge in [-0.1, -0.05) is 12.1 Å². The van der Waals surface area contributed by atoms with Crippen LogP contribution in [0.1, 0.15) is 18.1 Å². The molecule has 17 heavy (non-hydrogen) atoms. The minimum atomic E-state index is -1.35. The van der Waals surface area contributed by atoms with E-state index in [0.29, 0.717) is 0 Å². The minimum absolute atomic E-state index is 0.115. The predicted octanol–water partition coefficient (Wildman–Crippen LogP) is 1.29. The number of phenolic OH excluding ortho intramolecular Hbond substituents is 1. The molecule has 1 aliphatic rings. The predicted molar refractivity (Wildman–Crippen MR) is 59.0 cm³/mol. The summed E-state index contributed by atoms with van der Waals surface area (Å²) >= 11 is 0. The highest BCUT2D eigenvalue weighted by Gasteiger charge is 2.35. The summed E-state index contributed by atoms with van der Waals surface area (Å²) in [6.07, 6.45) is -1.53. The lowest BCUT2D eigenvalue weighted by Crippen LogP contribution is -2.39. The number of halogens is 1. The van der Waals surface area contributed by atoms with Crippen molar-refractivity contribution in [3.8, 4) is 5.75 Å². The quantitative estimate of drug-likeness (QED) is 0.816. The van der Waals surface area contributed by atoms with Crippen LogP contribution in [0.15, 0.2) is 24.3 Å². The van der Waals surface area contributed by atoms with Crippen LogP contribution in [-0.4, -0.2) is 23.8 Å². The Morgan fingerprint density at radius 3 is 2.94 bits per heavy atom. The van der Waals surface area contributed by atoms with Crippen molar-refractivity contribution in [2.45, 2.75) is 18.7 Å². The standard InChI is InChI=1S/C12H14FNO3/c13-10-6-17-11(5-9(10)12(14)16)7-2-1-3-8(15)4-7/h1-4,9-11,15H,5-6H2,(H2,14,16). The van der Waals surface area contributed by atoms with Gasteiger partial charge in [0.05, 0.1) is 18.6 Å². The Bertz CT molecular complexity index is 424. The topological polar surface area (TPSA) is 72.6 Å². The van der Waals surface area contributed by atoms with E-state index in [1.807, 2.05) is 0 Å². The fraction of sp³-hybridized carbons (Fsp3) is 0.417. The molecular formula is C12H14FNO3. The maximum atomic E-state index is 13.4. The molecule has 3 atom stereocenters. The Balaban J connectivity index is 2.16. The summed E-state index contributed by atoms with van der Waals surface area (Å²) in [6.45, 7) is -0.145. The zero-order valence-corrected chi connectivity index (χ0v) is 9.17. The van der Waals surface area contributed by atoms with E-state index in [1.54, 1.807) is 18.2 Å². The van der Waals surface area contributed by atoms with Crippen LogP contribution in [0.3, 0.4) is 0 Å². The lowest BCUT2D eigenvalue weighted by Gasteiger charge is -2.30. The van der Waals surface area contributed by atoms with Crippen LogP contribution >= 0.6 is 0 Å². The summed E-state index contributed by atoms with van der Waals surface area (Å²) in [5, 5.41) is 9.35. The van der Waals surface area contributed by atoms with Crippen LogP contribution in [0, 0.1) is 5.92 Å². The molecule has 0 aromatic heterocycles. The van der Waals surface area contributed by atoms with Crippen molar-refractivity contribution in [1.82, 2.24) is 0 Å². The average Bonchev–Trinajstić information content (AvgIpc) is 2.29. The maximum Gasteiger partial charge on any atom is 0.223 e. The Morgan fingerprint density at radius 1 is 1.53 bits per heavy atom. The van der Waals surface area contributed by atoms with Gasteiger partial charge in [-0.2, -0.15) is 0 Å². The second kappa shape index (κ2) is 4.71. The molecule has 0 radical (unpaired) electrons. The van der Waals surface area contributed by atoms with Gasteiger partial charge in [-0.05, 0) is 24.1 Å². The number of phenols is 1. The largest absolute Gasteiger partial charge is 0.508 e. The Morgan fingerprint density at radius 2 is 2.29 bits per heavy atom. The van der Waals surface area contributed by atoms with Crippen molar-refractivity contribution in [3.63, 3.8) is 0 Å². The van der Waals surface area contributed by atoms with Crippen molar-refractivity contribution in [1.29, 1.82) is 0 Å². The van der Waals surface area contributed by atoms with Gasteiger partial charge in [-0.3, -0.25) is 4.79 Å². The van der Waals surface area contributed by atoms with Crippen LogP contribution in [0.25, 0.3) is 0 Å². The number of amides is 1. The third-order valence-corrected chi connectivity index (χ3v) is 2.97. The van der Waals surface area contributed by atoms with Crippen LogP contribution < -0.4 is 5.73 Å². The fourth-order valence-corrected chi connectivity index (χ4v) is 2.02. The van der Waals surface area contributed by atoms with E-state index in [0.717, 1.165) is 5.56 Å². The number of hydrogen-bond donors (Lipinski definition) is 2. The second-order valence-electron chi connectivity index (χ2n) is 4.18. The van der Waals surface area contributed by atoms with Gasteiger partial charge in [0, 0.05) is 0 Å². The van der Waals surface area contributed by atoms with Gasteiger partial charge in [-0.15, -0.1) is 0 Å². The van der Waals surface area contributed by atoms with Gasteiger partial charge < -0.3 is 15.6 Å². The summed E-state index contributed by atoms with van der Waals surface area (Å²) in [5.41, 5.74) is 5.87. The van der Waals surface area contributed by atoms with E-state index in [4.69, 9.17) is 10.5 Å². The maximum absolute atomic E-state index is 13.4. The SMILES string of the molecule is NC(=O)C1CC(c2cccc(O)c2)OCC1F. The number of alkyl halides is 1. The average molecular weight is 239 g/mol. The van der Waals surface area contributed by atoms with E-state index >= 15 is 0 Å². The Labute approximate surface area is 98.2 Å². The number of ether oxygens (including phenoxy) is 1. The molecule has 1 aromatic rings. The molecule has 92 valence electrons. The third kappa shape index (κ3) is 2.55. The number of benzene rings is 1. The molecule has 1 amide bonds. The molecule has 1 aliphatic heterocycles. The van der Waals surface area contributed by atoms with Crippen LogP contribution in [0.4, 0.5) is 4.39 Å². The number of aromatic hydroxyl groups is 1. The smallest absolute Gasteiger partial charge is 0.223 e. The highest BCUT2D eigenvalue weighted by molar-refractivity contribution is 5.77. The van der Waals surface area contributed by atoms with Crippen molar-refractivity contribution < 1.29 is 19.0 Å². The van der Waals surface area contributed by atoms with Crippen LogP contribution in [-0.2, 0) is 9.53 Å². The summed E-state index contributed by atoms with van der Waals surface area (Å²) < 4.78 is 18.7. The highest BCUT2D eigenvalue weighted by atomic mass is 19.1. The first-order valence-electron chi connectivity index (χ1n) is 5.42. The van der Waals surface area contributed by atoms with E-state index in [2.05, 4.69) is 0 Å². The first-order chi connectivity index (χ1) is 8.08. The van der Waals surface area contributed by atoms with E-state index in [9.17, 15) is 14.3 Å². The molecule has 1 heterocycles. The fourth-order valence-electron chi connectivity index (χ4n) is 2.02. The lowest BCUT2D eigenvalue weighted by atomic mass is 9.90. The molecule has 0 bridgehead atoms. The van der Waals surface area contributed by atoms with Gasteiger partial charge in [-0.25, -0.2) is 4.39 Å². The zero-order chi connectivity index (χ0) is 12.4. The molecule has 5 heteroatoms. The second-order valence-corrected chi connectivity index (χ2v) is 4.18. The van der Waals surface area contributed by atoms with Gasteiger partial charge in [0.2, 0.25) is 5.91 Å². The molecule has 3 unspecified atom stereocenters. The van der Waals surface area contributed by atoms with Crippen molar-refractivity contribution in [2.24, 2.45) is 11.7 Å². The monoisotopic (exact) mass is 239 g/mol. The van der Waals surface area contributed by atoms with Gasteiger partial charge in [0.25, 0.3) is 0 Å². The first-order valence-corrected chi connectivity index (χ1v) is 5.42. The summed E-state index contributed by atoms with van der Waals surface area (Å²) in [4.78, 5) is 11.1. The molecule has 0 spiro atoms. The van der Waals surface area contributed by atoms with Gasteiger partial charge in [0.15, 0.2) is 0 Å². The molecule has 2 rings (SSSR count). The van der Waals surface area contributed by atoms with E-state index in [1.165, 1.54) is 6.07 Å². The van der Waals surface area contributed by atoms with E-state index < -0.39 is 24.1 Å². The van der Waals surface area contributed by atoms with Crippen molar-refractivity contribution in [3.05, 3.63) is 29.8 Å². The third-order valence-electron chi connectivity index (χ3n) is 2.97. The number of hydrogen-bond acceptors (Lipinski definition) is 3. The van der Waals surface area contributed by atoms with E-state index in [-0.39, 0.29) is 18.8 Å². The molecule has 1 saturated heterocycles. The highest BCUT2D eigenvalue weighted by Crippen LogP contribution is 2.34. The Hall–Kier alpha value is -1.62. The number of rotatable bonds is 2. The minimum Gasteiger partial charge on any atom is -0.508 e. The summed E-state index contributed by atoms with van der Waals surface area (Å²) in [6, 6.07) is 6.52. The first kappa shape index (κ1) is 11.9. The van der Waals surface area contributed by atoms with Crippen LogP contribution in [0.5, 0.6) is 5.75 Å². The van der Waals surface area contributed by atoms with Crippen LogP contribution in [0.2, 0.25) is 0 Å². The molecule has 3 N–H and O–H groups in total. The number of carbonyl (C=O) groups is 1. The number of carbonyl (C=O) groups excluding carboxylic acids is 1. The molecule has 1 aromatic carbocycles. The number of primary amides is 1. The number of nitrogens with two attached hydrogens (primary N) is 1. The van der Waals surface area contributed by atoms with Crippen molar-refractivity contribution >= 4 is 5.91 Å². The zero-order valence-electron chi connectivity index (χ0n) is 9.17. The van der Waals surface area contributed by atoms with Gasteiger partial charge >= 0.3 is 0 Å².